The number of nitrogens with one attached hydrogen (secondary N) is 1. The quantitative estimate of drug-likeness (QED) is 0.834. The molecule has 1 aliphatic heterocycles. The van der Waals surface area contributed by atoms with Crippen LogP contribution in [0, 0.1) is 5.92 Å². The van der Waals surface area contributed by atoms with E-state index in [4.69, 9.17) is 0 Å². The average Bonchev–Trinajstić information content (AvgIpc) is 3.24. The highest BCUT2D eigenvalue weighted by molar-refractivity contribution is 7.13. The second kappa shape index (κ2) is 7.14. The van der Waals surface area contributed by atoms with E-state index >= 15 is 0 Å². The van der Waals surface area contributed by atoms with Gasteiger partial charge in [-0.05, 0) is 25.8 Å². The van der Waals surface area contributed by atoms with Gasteiger partial charge in [-0.2, -0.15) is 0 Å². The Kier molecular flexibility index (Phi) is 4.93. The highest BCUT2D eigenvalue weighted by Gasteiger charge is 2.29. The number of nitrogens with zero attached hydrogens (tertiary/aromatic N) is 4. The van der Waals surface area contributed by atoms with Crippen molar-refractivity contribution in [3.05, 3.63) is 29.0 Å². The Hall–Kier alpha value is -2.55. The molecule has 0 radical (unpaired) electrons. The molecule has 2 amide bonds. The molecule has 1 aliphatic rings. The maximum atomic E-state index is 12.7. The number of hydrogen-bond donors (Lipinski definition) is 1. The molecule has 0 saturated carbocycles. The lowest BCUT2D eigenvalue weighted by atomic mass is 9.96. The van der Waals surface area contributed by atoms with Gasteiger partial charge >= 0.3 is 0 Å². The zero-order valence-electron chi connectivity index (χ0n) is 14.1. The van der Waals surface area contributed by atoms with E-state index in [0.717, 1.165) is 0 Å². The maximum Gasteiger partial charge on any atom is 0.270 e. The fourth-order valence-corrected chi connectivity index (χ4v) is 3.36. The van der Waals surface area contributed by atoms with Crippen molar-refractivity contribution >= 4 is 34.1 Å². The van der Waals surface area contributed by atoms with Gasteiger partial charge in [-0.15, -0.1) is 10.2 Å². The number of hydrogen-bond acceptors (Lipinski definition) is 6. The van der Waals surface area contributed by atoms with Crippen molar-refractivity contribution in [1.82, 2.24) is 19.7 Å². The molecule has 0 atom stereocenters. The van der Waals surface area contributed by atoms with Gasteiger partial charge in [0.1, 0.15) is 11.2 Å². The number of aromatic nitrogens is 3. The van der Waals surface area contributed by atoms with Gasteiger partial charge in [-0.1, -0.05) is 11.3 Å². The minimum atomic E-state index is -0.144. The standard InChI is InChI=1S/C16H19N5O3S/c1-10(22)12-7-13(20(2)8-12)15(24)21-5-3-11(4-6-21)14(23)18-16-19-17-9-25-16/h7-9,11H,3-6H2,1-2H3,(H,18,19,23). The third kappa shape index (κ3) is 3.76. The molecule has 0 aromatic carbocycles. The third-order valence-corrected chi connectivity index (χ3v) is 4.98. The highest BCUT2D eigenvalue weighted by Crippen LogP contribution is 2.22. The van der Waals surface area contributed by atoms with Gasteiger partial charge in [-0.25, -0.2) is 0 Å². The van der Waals surface area contributed by atoms with E-state index in [1.165, 1.54) is 18.3 Å². The summed E-state index contributed by atoms with van der Waals surface area (Å²) >= 11 is 1.28. The van der Waals surface area contributed by atoms with Crippen molar-refractivity contribution < 1.29 is 14.4 Å². The van der Waals surface area contributed by atoms with Gasteiger partial charge < -0.3 is 14.8 Å². The molecular formula is C16H19N5O3S. The molecule has 1 N–H and O–H groups in total. The number of ketones is 1. The number of amides is 2. The first kappa shape index (κ1) is 17.3. The topological polar surface area (TPSA) is 97.2 Å². The number of carbonyl (C=O) groups is 3. The third-order valence-electron chi connectivity index (χ3n) is 4.37. The van der Waals surface area contributed by atoms with Crippen LogP contribution < -0.4 is 5.32 Å². The van der Waals surface area contributed by atoms with Crippen LogP contribution in [0.3, 0.4) is 0 Å². The van der Waals surface area contributed by atoms with Crippen LogP contribution in [0.15, 0.2) is 17.8 Å². The summed E-state index contributed by atoms with van der Waals surface area (Å²) in [6.45, 7) is 2.49. The summed E-state index contributed by atoms with van der Waals surface area (Å²) in [6.07, 6.45) is 2.86. The van der Waals surface area contributed by atoms with Crippen LogP contribution in [0.5, 0.6) is 0 Å². The smallest absolute Gasteiger partial charge is 0.270 e. The zero-order valence-corrected chi connectivity index (χ0v) is 14.9. The lowest BCUT2D eigenvalue weighted by Crippen LogP contribution is -2.42. The Morgan fingerprint density at radius 3 is 2.56 bits per heavy atom. The summed E-state index contributed by atoms with van der Waals surface area (Å²) in [4.78, 5) is 38.1. The SMILES string of the molecule is CC(=O)c1cc(C(=O)N2CCC(C(=O)Nc3nncs3)CC2)n(C)c1. The van der Waals surface area contributed by atoms with E-state index in [0.29, 0.717) is 42.3 Å². The van der Waals surface area contributed by atoms with Crippen LogP contribution in [-0.2, 0) is 11.8 Å². The molecule has 3 rings (SSSR count). The lowest BCUT2D eigenvalue weighted by molar-refractivity contribution is -0.121. The van der Waals surface area contributed by atoms with Gasteiger partial charge in [-0.3, -0.25) is 14.4 Å². The Bertz CT molecular complexity index is 791. The van der Waals surface area contributed by atoms with E-state index < -0.39 is 0 Å². The first-order valence-electron chi connectivity index (χ1n) is 7.99. The van der Waals surface area contributed by atoms with E-state index in [-0.39, 0.29) is 23.5 Å². The van der Waals surface area contributed by atoms with Crippen molar-refractivity contribution in [1.29, 1.82) is 0 Å². The Morgan fingerprint density at radius 2 is 2.00 bits per heavy atom. The molecule has 0 aliphatic carbocycles. The summed E-state index contributed by atoms with van der Waals surface area (Å²) in [5.74, 6) is -0.407. The number of rotatable bonds is 4. The molecule has 25 heavy (non-hydrogen) atoms. The minimum Gasteiger partial charge on any atom is -0.346 e. The highest BCUT2D eigenvalue weighted by atomic mass is 32.1. The van der Waals surface area contributed by atoms with E-state index in [9.17, 15) is 14.4 Å². The molecular weight excluding hydrogens is 342 g/mol. The van der Waals surface area contributed by atoms with Crippen LogP contribution in [0.25, 0.3) is 0 Å². The van der Waals surface area contributed by atoms with Crippen LogP contribution >= 0.6 is 11.3 Å². The number of piperidine rings is 1. The average molecular weight is 361 g/mol. The zero-order chi connectivity index (χ0) is 18.0. The summed E-state index contributed by atoms with van der Waals surface area (Å²) in [5.41, 5.74) is 2.57. The molecule has 1 saturated heterocycles. The molecule has 0 spiro atoms. The summed E-state index contributed by atoms with van der Waals surface area (Å²) in [7, 11) is 1.75. The predicted molar refractivity (Wildman–Crippen MR) is 92.6 cm³/mol. The largest absolute Gasteiger partial charge is 0.346 e. The fraction of sp³-hybridized carbons (Fsp3) is 0.438. The van der Waals surface area contributed by atoms with Crippen LogP contribution in [0.4, 0.5) is 5.13 Å². The van der Waals surface area contributed by atoms with Crippen molar-refractivity contribution in [2.24, 2.45) is 13.0 Å². The Balaban J connectivity index is 1.59. The van der Waals surface area contributed by atoms with Crippen LogP contribution in [0.1, 0.15) is 40.6 Å². The second-order valence-electron chi connectivity index (χ2n) is 6.08. The second-order valence-corrected chi connectivity index (χ2v) is 6.91. The van der Waals surface area contributed by atoms with Gasteiger partial charge in [0.25, 0.3) is 5.91 Å². The van der Waals surface area contributed by atoms with Crippen molar-refractivity contribution in [3.8, 4) is 0 Å². The molecule has 0 unspecified atom stereocenters. The summed E-state index contributed by atoms with van der Waals surface area (Å²) < 4.78 is 1.67. The molecule has 9 heteroatoms. The first-order valence-corrected chi connectivity index (χ1v) is 8.87. The van der Waals surface area contributed by atoms with Crippen LogP contribution in [0.2, 0.25) is 0 Å². The molecule has 1 fully saturated rings. The Labute approximate surface area is 148 Å². The maximum absolute atomic E-state index is 12.7. The van der Waals surface area contributed by atoms with E-state index in [1.807, 2.05) is 0 Å². The number of likely N-dealkylation sites (tertiary alicyclic amines) is 1. The summed E-state index contributed by atoms with van der Waals surface area (Å²) in [6, 6.07) is 1.62. The van der Waals surface area contributed by atoms with Crippen molar-refractivity contribution in [2.75, 3.05) is 18.4 Å². The summed E-state index contributed by atoms with van der Waals surface area (Å²) in [5, 5.41) is 10.7. The van der Waals surface area contributed by atoms with E-state index in [2.05, 4.69) is 15.5 Å². The number of Topliss-reactive ketones (excluding diaryl/α,β-unsaturated/α-hetero) is 1. The van der Waals surface area contributed by atoms with Gasteiger partial charge in [0, 0.05) is 37.8 Å². The predicted octanol–water partition coefficient (Wildman–Crippen LogP) is 1.57. The molecule has 2 aromatic heterocycles. The molecule has 0 bridgehead atoms. The van der Waals surface area contributed by atoms with Crippen LogP contribution in [-0.4, -0.2) is 50.4 Å². The number of aryl methyl sites for hydroxylation is 1. The van der Waals surface area contributed by atoms with Gasteiger partial charge in [0.2, 0.25) is 11.0 Å². The molecule has 132 valence electrons. The van der Waals surface area contributed by atoms with Crippen molar-refractivity contribution in [3.63, 3.8) is 0 Å². The first-order chi connectivity index (χ1) is 12.0. The molecule has 2 aromatic rings. The monoisotopic (exact) mass is 361 g/mol. The van der Waals surface area contributed by atoms with Gasteiger partial charge in [0.15, 0.2) is 5.78 Å². The Morgan fingerprint density at radius 1 is 1.28 bits per heavy atom. The number of carbonyl (C=O) groups excluding carboxylic acids is 3. The van der Waals surface area contributed by atoms with Gasteiger partial charge in [0.05, 0.1) is 0 Å². The normalized spacial score (nSPS) is 15.2. The molecule has 8 nitrogen and oxygen atoms in total. The molecule has 3 heterocycles. The lowest BCUT2D eigenvalue weighted by Gasteiger charge is -2.31. The fourth-order valence-electron chi connectivity index (χ4n) is 2.91. The minimum absolute atomic E-state index is 0.0679. The van der Waals surface area contributed by atoms with E-state index in [1.54, 1.807) is 34.3 Å². The number of anilines is 1. The van der Waals surface area contributed by atoms with Crippen molar-refractivity contribution in [2.45, 2.75) is 19.8 Å².